The summed E-state index contributed by atoms with van der Waals surface area (Å²) in [5.74, 6) is 3.69. The summed E-state index contributed by atoms with van der Waals surface area (Å²) in [5, 5.41) is 0. The highest BCUT2D eigenvalue weighted by Gasteiger charge is 2.26. The lowest BCUT2D eigenvalue weighted by molar-refractivity contribution is 0.221. The molecule has 1 aromatic rings. The summed E-state index contributed by atoms with van der Waals surface area (Å²) in [6.45, 7) is 5.46. The maximum absolute atomic E-state index is 5.98. The minimum atomic E-state index is 0.760. The van der Waals surface area contributed by atoms with Gasteiger partial charge in [-0.05, 0) is 66.7 Å². The summed E-state index contributed by atoms with van der Waals surface area (Å²) < 4.78 is 5.98. The zero-order valence-corrected chi connectivity index (χ0v) is 21.0. The molecule has 1 unspecified atom stereocenters. The average molecular weight is 437 g/mol. The van der Waals surface area contributed by atoms with Crippen LogP contribution in [0.5, 0.6) is 5.75 Å². The molecule has 3 rings (SSSR count). The van der Waals surface area contributed by atoms with Gasteiger partial charge in [0, 0.05) is 0 Å². The molecule has 0 aliphatic heterocycles. The monoisotopic (exact) mass is 436 g/mol. The molecule has 1 nitrogen and oxygen atoms in total. The molecule has 0 N–H and O–H groups in total. The third-order valence-corrected chi connectivity index (χ3v) is 7.78. The van der Waals surface area contributed by atoms with Gasteiger partial charge in [0.25, 0.3) is 0 Å². The van der Waals surface area contributed by atoms with E-state index in [-0.39, 0.29) is 0 Å². The van der Waals surface area contributed by atoms with E-state index in [4.69, 9.17) is 4.74 Å². The molecule has 178 valence electrons. The molecule has 0 saturated heterocycles. The van der Waals surface area contributed by atoms with Crippen LogP contribution in [0.4, 0.5) is 0 Å². The van der Waals surface area contributed by atoms with E-state index in [0.717, 1.165) is 30.1 Å². The fraction of sp³-hybridized carbons (Fsp3) is 0.677. The molecule has 2 aliphatic carbocycles. The first kappa shape index (κ1) is 25.1. The molecule has 2 aliphatic rings. The summed E-state index contributed by atoms with van der Waals surface area (Å²) in [5.41, 5.74) is 2.71. The Labute approximate surface area is 198 Å². The molecule has 0 bridgehead atoms. The van der Waals surface area contributed by atoms with Crippen LogP contribution in [-0.2, 0) is 0 Å². The van der Waals surface area contributed by atoms with Crippen LogP contribution in [0.2, 0.25) is 0 Å². The van der Waals surface area contributed by atoms with Gasteiger partial charge in [0.1, 0.15) is 5.75 Å². The van der Waals surface area contributed by atoms with Crippen LogP contribution in [0.1, 0.15) is 116 Å². The average Bonchev–Trinajstić information content (AvgIpc) is 2.84. The zero-order chi connectivity index (χ0) is 22.4. The van der Waals surface area contributed by atoms with Gasteiger partial charge in [0.2, 0.25) is 0 Å². The quantitative estimate of drug-likeness (QED) is 0.264. The van der Waals surface area contributed by atoms with Gasteiger partial charge >= 0.3 is 0 Å². The van der Waals surface area contributed by atoms with Gasteiger partial charge in [-0.2, -0.15) is 0 Å². The number of unbranched alkanes of at least 4 members (excludes halogenated alkanes) is 7. The first-order valence-corrected chi connectivity index (χ1v) is 13.9. The van der Waals surface area contributed by atoms with E-state index in [1.807, 2.05) is 0 Å². The fourth-order valence-electron chi connectivity index (χ4n) is 5.68. The smallest absolute Gasteiger partial charge is 0.119 e. The van der Waals surface area contributed by atoms with Gasteiger partial charge in [0.15, 0.2) is 0 Å². The molecular weight excluding hydrogens is 388 g/mol. The Balaban J connectivity index is 1.33. The number of rotatable bonds is 14. The van der Waals surface area contributed by atoms with Crippen molar-refractivity contribution in [1.29, 1.82) is 0 Å². The standard InChI is InChI=1S/C31H48O/c1-3-5-6-7-8-9-10-11-25-32-31-23-21-30(22-24-31)29-19-17-28(18-20-29)27-15-13-26(12-4-2)14-16-27/h17,19-24,26-28H,3-16,18,25H2,1-2H3/t26-,27-,28?. The maximum Gasteiger partial charge on any atom is 0.119 e. The van der Waals surface area contributed by atoms with Crippen LogP contribution in [0.3, 0.4) is 0 Å². The van der Waals surface area contributed by atoms with Gasteiger partial charge in [-0.25, -0.2) is 0 Å². The van der Waals surface area contributed by atoms with Crippen molar-refractivity contribution in [3.63, 3.8) is 0 Å². The Kier molecular flexibility index (Phi) is 11.5. The van der Waals surface area contributed by atoms with E-state index < -0.39 is 0 Å². The Bertz CT molecular complexity index is 675. The Morgan fingerprint density at radius 3 is 2.09 bits per heavy atom. The Morgan fingerprint density at radius 2 is 1.47 bits per heavy atom. The summed E-state index contributed by atoms with van der Waals surface area (Å²) in [6, 6.07) is 8.76. The number of hydrogen-bond acceptors (Lipinski definition) is 1. The summed E-state index contributed by atoms with van der Waals surface area (Å²) in [6.07, 6.45) is 27.9. The summed E-state index contributed by atoms with van der Waals surface area (Å²) >= 11 is 0. The minimum absolute atomic E-state index is 0.760. The third kappa shape index (κ3) is 8.45. The van der Waals surface area contributed by atoms with Crippen molar-refractivity contribution in [2.75, 3.05) is 6.61 Å². The molecule has 32 heavy (non-hydrogen) atoms. The van der Waals surface area contributed by atoms with Crippen LogP contribution in [0.15, 0.2) is 42.5 Å². The topological polar surface area (TPSA) is 9.23 Å². The van der Waals surface area contributed by atoms with Crippen LogP contribution in [-0.4, -0.2) is 6.61 Å². The highest BCUT2D eigenvalue weighted by Crippen LogP contribution is 2.39. The Hall–Kier alpha value is -1.50. The molecule has 0 spiro atoms. The second-order valence-corrected chi connectivity index (χ2v) is 10.3. The third-order valence-electron chi connectivity index (χ3n) is 7.78. The zero-order valence-electron chi connectivity index (χ0n) is 21.0. The van der Waals surface area contributed by atoms with Gasteiger partial charge in [-0.1, -0.05) is 115 Å². The van der Waals surface area contributed by atoms with Crippen molar-refractivity contribution in [1.82, 2.24) is 0 Å². The summed E-state index contributed by atoms with van der Waals surface area (Å²) in [4.78, 5) is 0. The normalized spacial score (nSPS) is 23.2. The first-order chi connectivity index (χ1) is 15.8. The van der Waals surface area contributed by atoms with E-state index >= 15 is 0 Å². The molecule has 1 saturated carbocycles. The predicted octanol–water partition coefficient (Wildman–Crippen LogP) is 9.77. The second-order valence-electron chi connectivity index (χ2n) is 10.3. The number of hydrogen-bond donors (Lipinski definition) is 0. The predicted molar refractivity (Wildman–Crippen MR) is 140 cm³/mol. The highest BCUT2D eigenvalue weighted by molar-refractivity contribution is 5.75. The molecule has 1 heteroatoms. The van der Waals surface area contributed by atoms with Crippen molar-refractivity contribution >= 4 is 5.57 Å². The highest BCUT2D eigenvalue weighted by atomic mass is 16.5. The molecular formula is C31H48O. The van der Waals surface area contributed by atoms with Crippen LogP contribution >= 0.6 is 0 Å². The molecule has 0 radical (unpaired) electrons. The van der Waals surface area contributed by atoms with Crippen molar-refractivity contribution in [2.45, 2.75) is 110 Å². The van der Waals surface area contributed by atoms with Crippen LogP contribution in [0, 0.1) is 17.8 Å². The van der Waals surface area contributed by atoms with Gasteiger partial charge in [0.05, 0.1) is 6.61 Å². The van der Waals surface area contributed by atoms with Crippen LogP contribution in [0.25, 0.3) is 5.57 Å². The van der Waals surface area contributed by atoms with E-state index in [2.05, 4.69) is 56.3 Å². The summed E-state index contributed by atoms with van der Waals surface area (Å²) in [7, 11) is 0. The largest absolute Gasteiger partial charge is 0.494 e. The van der Waals surface area contributed by atoms with Gasteiger partial charge in [-0.15, -0.1) is 0 Å². The van der Waals surface area contributed by atoms with Gasteiger partial charge in [-0.3, -0.25) is 0 Å². The Morgan fingerprint density at radius 1 is 0.781 bits per heavy atom. The molecule has 1 aromatic carbocycles. The molecule has 1 atom stereocenters. The van der Waals surface area contributed by atoms with E-state index in [9.17, 15) is 0 Å². The number of allylic oxidation sites excluding steroid dienone is 4. The number of ether oxygens (including phenoxy) is 1. The molecule has 0 amide bonds. The molecule has 0 aromatic heterocycles. The first-order valence-electron chi connectivity index (χ1n) is 13.9. The van der Waals surface area contributed by atoms with E-state index in [1.165, 1.54) is 107 Å². The molecule has 1 fully saturated rings. The van der Waals surface area contributed by atoms with Crippen molar-refractivity contribution in [2.24, 2.45) is 17.8 Å². The number of benzene rings is 1. The van der Waals surface area contributed by atoms with Crippen molar-refractivity contribution in [3.05, 3.63) is 48.1 Å². The lowest BCUT2D eigenvalue weighted by Crippen LogP contribution is -2.21. The van der Waals surface area contributed by atoms with E-state index in [1.54, 1.807) is 0 Å². The second kappa shape index (κ2) is 14.6. The lowest BCUT2D eigenvalue weighted by atomic mass is 9.72. The maximum atomic E-state index is 5.98. The lowest BCUT2D eigenvalue weighted by Gasteiger charge is -2.33. The van der Waals surface area contributed by atoms with E-state index in [0.29, 0.717) is 0 Å². The minimum Gasteiger partial charge on any atom is -0.494 e. The van der Waals surface area contributed by atoms with Crippen molar-refractivity contribution in [3.8, 4) is 5.75 Å². The van der Waals surface area contributed by atoms with Crippen LogP contribution < -0.4 is 4.74 Å². The fourth-order valence-corrected chi connectivity index (χ4v) is 5.68. The molecule has 0 heterocycles. The SMILES string of the molecule is CCCCCCCCCCOc1ccc(C2=CCC([C@H]3CC[C@H](CCC)CC3)C=C2)cc1. The van der Waals surface area contributed by atoms with Gasteiger partial charge < -0.3 is 4.74 Å². The van der Waals surface area contributed by atoms with Crippen molar-refractivity contribution < 1.29 is 4.74 Å².